The van der Waals surface area contributed by atoms with E-state index >= 15 is 0 Å². The third-order valence-electron chi connectivity index (χ3n) is 3.50. The number of amides is 1. The summed E-state index contributed by atoms with van der Waals surface area (Å²) in [5.74, 6) is -0.111. The number of benzene rings is 1. The van der Waals surface area contributed by atoms with Gasteiger partial charge in [-0.25, -0.2) is 0 Å². The Kier molecular flexibility index (Phi) is 5.36. The van der Waals surface area contributed by atoms with Crippen LogP contribution in [0.4, 0.5) is 0 Å². The van der Waals surface area contributed by atoms with Crippen molar-refractivity contribution in [2.75, 3.05) is 19.7 Å². The molecule has 0 radical (unpaired) electrons. The maximum absolute atomic E-state index is 12.3. The number of rotatable bonds is 6. The Morgan fingerprint density at radius 2 is 2.21 bits per heavy atom. The molecule has 1 fully saturated rings. The fraction of sp³-hybridized carbons (Fsp3) is 0.533. The molecule has 2 atom stereocenters. The first-order valence-corrected chi connectivity index (χ1v) is 6.95. The monoisotopic (exact) mass is 262 g/mol. The van der Waals surface area contributed by atoms with Gasteiger partial charge in [-0.15, -0.1) is 0 Å². The van der Waals surface area contributed by atoms with Crippen LogP contribution in [0.2, 0.25) is 0 Å². The van der Waals surface area contributed by atoms with Crippen LogP contribution >= 0.6 is 0 Å². The molecule has 0 spiro atoms. The van der Waals surface area contributed by atoms with Crippen molar-refractivity contribution in [2.24, 2.45) is 5.73 Å². The highest BCUT2D eigenvalue weighted by Gasteiger charge is 2.22. The summed E-state index contributed by atoms with van der Waals surface area (Å²) in [7, 11) is 0. The van der Waals surface area contributed by atoms with E-state index in [-0.39, 0.29) is 17.9 Å². The van der Waals surface area contributed by atoms with E-state index in [0.29, 0.717) is 19.5 Å². The maximum Gasteiger partial charge on any atom is 0.227 e. The van der Waals surface area contributed by atoms with Gasteiger partial charge in [0.05, 0.1) is 12.0 Å². The molecule has 0 aromatic heterocycles. The molecule has 1 heterocycles. The van der Waals surface area contributed by atoms with E-state index in [9.17, 15) is 4.79 Å². The topological polar surface area (TPSA) is 64.4 Å². The quantitative estimate of drug-likeness (QED) is 0.815. The lowest BCUT2D eigenvalue weighted by atomic mass is 9.95. The van der Waals surface area contributed by atoms with E-state index in [1.165, 1.54) is 0 Å². The normalized spacial score (nSPS) is 20.2. The number of nitrogens with one attached hydrogen (secondary N) is 1. The summed E-state index contributed by atoms with van der Waals surface area (Å²) >= 11 is 0. The third-order valence-corrected chi connectivity index (χ3v) is 3.50. The number of hydrogen-bond donors (Lipinski definition) is 2. The van der Waals surface area contributed by atoms with E-state index in [1.54, 1.807) is 0 Å². The number of carbonyl (C=O) groups is 1. The largest absolute Gasteiger partial charge is 0.376 e. The lowest BCUT2D eigenvalue weighted by Gasteiger charge is -2.18. The lowest BCUT2D eigenvalue weighted by molar-refractivity contribution is -0.123. The van der Waals surface area contributed by atoms with Gasteiger partial charge in [0.25, 0.3) is 0 Å². The molecule has 0 aliphatic carbocycles. The minimum absolute atomic E-state index is 0.0483. The second-order valence-corrected chi connectivity index (χ2v) is 4.92. The van der Waals surface area contributed by atoms with E-state index in [4.69, 9.17) is 10.5 Å². The van der Waals surface area contributed by atoms with Crippen LogP contribution < -0.4 is 11.1 Å². The van der Waals surface area contributed by atoms with Crippen LogP contribution in [-0.2, 0) is 9.53 Å². The van der Waals surface area contributed by atoms with Crippen LogP contribution in [0.3, 0.4) is 0 Å². The number of ether oxygens (including phenoxy) is 1. The molecule has 1 aliphatic heterocycles. The van der Waals surface area contributed by atoms with Gasteiger partial charge in [0.15, 0.2) is 0 Å². The molecule has 0 bridgehead atoms. The zero-order valence-corrected chi connectivity index (χ0v) is 11.2. The van der Waals surface area contributed by atoms with Gasteiger partial charge in [0.1, 0.15) is 0 Å². The third kappa shape index (κ3) is 4.04. The molecule has 4 heteroatoms. The molecule has 1 saturated heterocycles. The SMILES string of the molecule is NCCC(C(=O)NCC1CCCO1)c1ccccc1. The van der Waals surface area contributed by atoms with Crippen molar-refractivity contribution in [1.82, 2.24) is 5.32 Å². The number of hydrogen-bond acceptors (Lipinski definition) is 3. The molecule has 1 aromatic carbocycles. The Balaban J connectivity index is 1.92. The zero-order valence-electron chi connectivity index (χ0n) is 11.2. The molecule has 1 aromatic rings. The number of carbonyl (C=O) groups excluding carboxylic acids is 1. The van der Waals surface area contributed by atoms with Gasteiger partial charge < -0.3 is 15.8 Å². The minimum atomic E-state index is -0.160. The van der Waals surface area contributed by atoms with Crippen LogP contribution in [0.25, 0.3) is 0 Å². The van der Waals surface area contributed by atoms with Crippen molar-refractivity contribution < 1.29 is 9.53 Å². The second kappa shape index (κ2) is 7.26. The summed E-state index contributed by atoms with van der Waals surface area (Å²) < 4.78 is 5.51. The summed E-state index contributed by atoms with van der Waals surface area (Å²) in [6, 6.07) is 9.81. The van der Waals surface area contributed by atoms with Crippen LogP contribution in [0, 0.1) is 0 Å². The van der Waals surface area contributed by atoms with Crippen LogP contribution in [0.5, 0.6) is 0 Å². The molecule has 2 rings (SSSR count). The standard InChI is InChI=1S/C15H22N2O2/c16-9-8-14(12-5-2-1-3-6-12)15(18)17-11-13-7-4-10-19-13/h1-3,5-6,13-14H,4,7-11,16H2,(H,17,18). The van der Waals surface area contributed by atoms with Crippen molar-refractivity contribution in [3.63, 3.8) is 0 Å². The first-order valence-electron chi connectivity index (χ1n) is 6.95. The van der Waals surface area contributed by atoms with Gasteiger partial charge in [-0.1, -0.05) is 30.3 Å². The highest BCUT2D eigenvalue weighted by atomic mass is 16.5. The summed E-state index contributed by atoms with van der Waals surface area (Å²) in [6.45, 7) is 1.92. The molecular weight excluding hydrogens is 240 g/mol. The van der Waals surface area contributed by atoms with Crippen LogP contribution in [0.15, 0.2) is 30.3 Å². The minimum Gasteiger partial charge on any atom is -0.376 e. The molecule has 4 nitrogen and oxygen atoms in total. The van der Waals surface area contributed by atoms with Crippen molar-refractivity contribution in [3.8, 4) is 0 Å². The average molecular weight is 262 g/mol. The Morgan fingerprint density at radius 1 is 1.42 bits per heavy atom. The summed E-state index contributed by atoms with van der Waals surface area (Å²) in [5, 5.41) is 2.99. The van der Waals surface area contributed by atoms with Crippen molar-refractivity contribution in [1.29, 1.82) is 0 Å². The van der Waals surface area contributed by atoms with Crippen molar-refractivity contribution >= 4 is 5.91 Å². The van der Waals surface area contributed by atoms with E-state index < -0.39 is 0 Å². The lowest BCUT2D eigenvalue weighted by Crippen LogP contribution is -2.36. The Bertz CT molecular complexity index is 388. The molecule has 1 aliphatic rings. The average Bonchev–Trinajstić information content (AvgIpc) is 2.96. The smallest absolute Gasteiger partial charge is 0.227 e. The Morgan fingerprint density at radius 3 is 2.84 bits per heavy atom. The van der Waals surface area contributed by atoms with Gasteiger partial charge >= 0.3 is 0 Å². The zero-order chi connectivity index (χ0) is 13.5. The van der Waals surface area contributed by atoms with Gasteiger partial charge in [-0.05, 0) is 31.4 Å². The van der Waals surface area contributed by atoms with Crippen molar-refractivity contribution in [3.05, 3.63) is 35.9 Å². The van der Waals surface area contributed by atoms with Crippen LogP contribution in [-0.4, -0.2) is 31.7 Å². The molecule has 104 valence electrons. The summed E-state index contributed by atoms with van der Waals surface area (Å²) in [4.78, 5) is 12.3. The Hall–Kier alpha value is -1.39. The highest BCUT2D eigenvalue weighted by molar-refractivity contribution is 5.83. The first kappa shape index (κ1) is 14.0. The van der Waals surface area contributed by atoms with Gasteiger partial charge in [-0.2, -0.15) is 0 Å². The molecule has 2 unspecified atom stereocenters. The molecule has 3 N–H and O–H groups in total. The fourth-order valence-corrected chi connectivity index (χ4v) is 2.44. The van der Waals surface area contributed by atoms with E-state index in [2.05, 4.69) is 5.32 Å². The fourth-order valence-electron chi connectivity index (χ4n) is 2.44. The highest BCUT2D eigenvalue weighted by Crippen LogP contribution is 2.19. The van der Waals surface area contributed by atoms with Crippen molar-refractivity contribution in [2.45, 2.75) is 31.3 Å². The Labute approximate surface area is 114 Å². The predicted octanol–water partition coefficient (Wildman–Crippen LogP) is 1.41. The summed E-state index contributed by atoms with van der Waals surface area (Å²) in [5.41, 5.74) is 6.64. The van der Waals surface area contributed by atoms with E-state index in [0.717, 1.165) is 25.0 Å². The van der Waals surface area contributed by atoms with Gasteiger partial charge in [-0.3, -0.25) is 4.79 Å². The number of nitrogens with two attached hydrogens (primary N) is 1. The van der Waals surface area contributed by atoms with Crippen LogP contribution in [0.1, 0.15) is 30.7 Å². The predicted molar refractivity (Wildman–Crippen MR) is 74.8 cm³/mol. The molecule has 1 amide bonds. The van der Waals surface area contributed by atoms with Gasteiger partial charge in [0.2, 0.25) is 5.91 Å². The molecule has 19 heavy (non-hydrogen) atoms. The van der Waals surface area contributed by atoms with E-state index in [1.807, 2.05) is 30.3 Å². The first-order chi connectivity index (χ1) is 9.31. The maximum atomic E-state index is 12.3. The molecule has 0 saturated carbocycles. The second-order valence-electron chi connectivity index (χ2n) is 4.92. The van der Waals surface area contributed by atoms with Gasteiger partial charge in [0, 0.05) is 13.2 Å². The summed E-state index contributed by atoms with van der Waals surface area (Å²) in [6.07, 6.45) is 2.97. The molecular formula is C15H22N2O2.